The molecule has 150 valence electrons. The van der Waals surface area contributed by atoms with Crippen LogP contribution < -0.4 is 15.4 Å². The quantitative estimate of drug-likeness (QED) is 0.647. The van der Waals surface area contributed by atoms with Crippen LogP contribution in [0.3, 0.4) is 0 Å². The lowest BCUT2D eigenvalue weighted by Crippen LogP contribution is -2.47. The third kappa shape index (κ3) is 6.06. The zero-order chi connectivity index (χ0) is 20.5. The van der Waals surface area contributed by atoms with Gasteiger partial charge < -0.3 is 20.1 Å². The summed E-state index contributed by atoms with van der Waals surface area (Å²) in [4.78, 5) is 25.0. The van der Waals surface area contributed by atoms with Gasteiger partial charge in [0, 0.05) is 12.8 Å². The molecule has 0 fully saturated rings. The summed E-state index contributed by atoms with van der Waals surface area (Å²) < 4.78 is 24.2. The van der Waals surface area contributed by atoms with Crippen molar-refractivity contribution in [2.45, 2.75) is 19.9 Å². The Morgan fingerprint density at radius 1 is 1.04 bits per heavy atom. The van der Waals surface area contributed by atoms with Crippen LogP contribution in [0.25, 0.3) is 0 Å². The fourth-order valence-corrected chi connectivity index (χ4v) is 2.50. The van der Waals surface area contributed by atoms with E-state index in [1.807, 2.05) is 0 Å². The summed E-state index contributed by atoms with van der Waals surface area (Å²) in [6.07, 6.45) is 0. The van der Waals surface area contributed by atoms with Gasteiger partial charge in [-0.25, -0.2) is 4.39 Å². The average Bonchev–Trinajstić information content (AvgIpc) is 2.67. The second-order valence-corrected chi connectivity index (χ2v) is 6.53. The molecule has 1 atom stereocenters. The topological polar surface area (TPSA) is 76.7 Å². The molecule has 0 aliphatic rings. The molecule has 2 amide bonds. The number of amides is 2. The van der Waals surface area contributed by atoms with Crippen LogP contribution in [-0.2, 0) is 9.53 Å². The van der Waals surface area contributed by atoms with Gasteiger partial charge in [-0.2, -0.15) is 0 Å². The SMILES string of the molecule is COCCOc1ccc(NC(=O)C(NC(=O)c2ccccc2F)C(C)C)cc1. The van der Waals surface area contributed by atoms with E-state index in [-0.39, 0.29) is 17.4 Å². The maximum Gasteiger partial charge on any atom is 0.254 e. The summed E-state index contributed by atoms with van der Waals surface area (Å²) in [6, 6.07) is 11.7. The van der Waals surface area contributed by atoms with E-state index in [4.69, 9.17) is 9.47 Å². The van der Waals surface area contributed by atoms with E-state index in [9.17, 15) is 14.0 Å². The molecule has 0 aromatic heterocycles. The van der Waals surface area contributed by atoms with E-state index in [2.05, 4.69) is 10.6 Å². The molecule has 1 unspecified atom stereocenters. The van der Waals surface area contributed by atoms with Gasteiger partial charge in [0.2, 0.25) is 5.91 Å². The van der Waals surface area contributed by atoms with Crippen molar-refractivity contribution in [2.75, 3.05) is 25.6 Å². The zero-order valence-electron chi connectivity index (χ0n) is 16.2. The number of carbonyl (C=O) groups is 2. The summed E-state index contributed by atoms with van der Waals surface area (Å²) in [7, 11) is 1.60. The summed E-state index contributed by atoms with van der Waals surface area (Å²) >= 11 is 0. The summed E-state index contributed by atoms with van der Waals surface area (Å²) in [5, 5.41) is 5.37. The highest BCUT2D eigenvalue weighted by atomic mass is 19.1. The summed E-state index contributed by atoms with van der Waals surface area (Å²) in [5.74, 6) is -1.18. The maximum absolute atomic E-state index is 13.8. The van der Waals surface area contributed by atoms with E-state index in [1.54, 1.807) is 51.3 Å². The van der Waals surface area contributed by atoms with Gasteiger partial charge in [0.15, 0.2) is 0 Å². The van der Waals surface area contributed by atoms with Crippen molar-refractivity contribution in [3.05, 3.63) is 59.9 Å². The van der Waals surface area contributed by atoms with Crippen LogP contribution in [0.1, 0.15) is 24.2 Å². The Labute approximate surface area is 164 Å². The number of nitrogens with one attached hydrogen (secondary N) is 2. The first-order valence-corrected chi connectivity index (χ1v) is 9.00. The molecule has 0 spiro atoms. The minimum atomic E-state index is -0.815. The molecule has 2 aromatic carbocycles. The van der Waals surface area contributed by atoms with Gasteiger partial charge in [-0.1, -0.05) is 26.0 Å². The van der Waals surface area contributed by atoms with Crippen molar-refractivity contribution in [1.29, 1.82) is 0 Å². The van der Waals surface area contributed by atoms with Crippen molar-refractivity contribution < 1.29 is 23.5 Å². The maximum atomic E-state index is 13.8. The van der Waals surface area contributed by atoms with Gasteiger partial charge in [-0.3, -0.25) is 9.59 Å². The molecule has 28 heavy (non-hydrogen) atoms. The van der Waals surface area contributed by atoms with E-state index in [0.717, 1.165) is 0 Å². The van der Waals surface area contributed by atoms with Crippen LogP contribution in [0.5, 0.6) is 5.75 Å². The number of hydrogen-bond donors (Lipinski definition) is 2. The van der Waals surface area contributed by atoms with E-state index < -0.39 is 17.8 Å². The molecular weight excluding hydrogens is 363 g/mol. The van der Waals surface area contributed by atoms with Gasteiger partial charge in [0.05, 0.1) is 12.2 Å². The molecule has 0 bridgehead atoms. The Morgan fingerprint density at radius 3 is 2.32 bits per heavy atom. The van der Waals surface area contributed by atoms with E-state index in [0.29, 0.717) is 24.7 Å². The fraction of sp³-hybridized carbons (Fsp3) is 0.333. The van der Waals surface area contributed by atoms with Crippen molar-refractivity contribution in [3.63, 3.8) is 0 Å². The third-order valence-electron chi connectivity index (χ3n) is 4.03. The predicted molar refractivity (Wildman–Crippen MR) is 105 cm³/mol. The fourth-order valence-electron chi connectivity index (χ4n) is 2.50. The van der Waals surface area contributed by atoms with Gasteiger partial charge in [-0.05, 0) is 42.3 Å². The lowest BCUT2D eigenvalue weighted by atomic mass is 10.0. The van der Waals surface area contributed by atoms with Crippen LogP contribution in [0.2, 0.25) is 0 Å². The molecule has 7 heteroatoms. The van der Waals surface area contributed by atoms with Crippen molar-refractivity contribution in [2.24, 2.45) is 5.92 Å². The third-order valence-corrected chi connectivity index (χ3v) is 4.03. The number of methoxy groups -OCH3 is 1. The molecule has 0 saturated heterocycles. The van der Waals surface area contributed by atoms with Crippen molar-refractivity contribution in [3.8, 4) is 5.75 Å². The summed E-state index contributed by atoms with van der Waals surface area (Å²) in [6.45, 7) is 4.52. The first kappa shape index (κ1) is 21.4. The number of hydrogen-bond acceptors (Lipinski definition) is 4. The van der Waals surface area contributed by atoms with Crippen LogP contribution >= 0.6 is 0 Å². The van der Waals surface area contributed by atoms with Gasteiger partial charge >= 0.3 is 0 Å². The highest BCUT2D eigenvalue weighted by molar-refractivity contribution is 6.01. The standard InChI is InChI=1S/C21H25FN2O4/c1-14(2)19(24-20(25)17-6-4-5-7-18(17)22)21(26)23-15-8-10-16(11-9-15)28-13-12-27-3/h4-11,14,19H,12-13H2,1-3H3,(H,23,26)(H,24,25). The Hall–Kier alpha value is -2.93. The minimum absolute atomic E-state index is 0.0986. The Kier molecular flexibility index (Phi) is 7.95. The molecular formula is C21H25FN2O4. The van der Waals surface area contributed by atoms with Crippen LogP contribution in [0.15, 0.2) is 48.5 Å². The first-order chi connectivity index (χ1) is 13.4. The molecule has 0 radical (unpaired) electrons. The first-order valence-electron chi connectivity index (χ1n) is 9.00. The molecule has 0 aliphatic carbocycles. The number of rotatable bonds is 9. The molecule has 6 nitrogen and oxygen atoms in total. The van der Waals surface area contributed by atoms with Crippen LogP contribution in [-0.4, -0.2) is 38.2 Å². The predicted octanol–water partition coefficient (Wildman–Crippen LogP) is 3.24. The van der Waals surface area contributed by atoms with Gasteiger partial charge in [-0.15, -0.1) is 0 Å². The number of benzene rings is 2. The largest absolute Gasteiger partial charge is 0.491 e. The van der Waals surface area contributed by atoms with Crippen molar-refractivity contribution >= 4 is 17.5 Å². The second kappa shape index (κ2) is 10.4. The normalized spacial score (nSPS) is 11.8. The Balaban J connectivity index is 2.01. The second-order valence-electron chi connectivity index (χ2n) is 6.53. The molecule has 2 N–H and O–H groups in total. The smallest absolute Gasteiger partial charge is 0.254 e. The number of halogens is 1. The highest BCUT2D eigenvalue weighted by Crippen LogP contribution is 2.17. The van der Waals surface area contributed by atoms with E-state index >= 15 is 0 Å². The monoisotopic (exact) mass is 388 g/mol. The van der Waals surface area contributed by atoms with Gasteiger partial charge in [0.25, 0.3) is 5.91 Å². The molecule has 0 saturated carbocycles. The van der Waals surface area contributed by atoms with Gasteiger partial charge in [0.1, 0.15) is 24.2 Å². The summed E-state index contributed by atoms with van der Waals surface area (Å²) in [5.41, 5.74) is 0.466. The molecule has 2 rings (SSSR count). The minimum Gasteiger partial charge on any atom is -0.491 e. The van der Waals surface area contributed by atoms with Crippen molar-refractivity contribution in [1.82, 2.24) is 5.32 Å². The zero-order valence-corrected chi connectivity index (χ0v) is 16.2. The van der Waals surface area contributed by atoms with Crippen LogP contribution in [0, 0.1) is 11.7 Å². The lowest BCUT2D eigenvalue weighted by molar-refractivity contribution is -0.118. The molecule has 0 heterocycles. The highest BCUT2D eigenvalue weighted by Gasteiger charge is 2.25. The number of carbonyl (C=O) groups excluding carboxylic acids is 2. The Morgan fingerprint density at radius 2 is 1.71 bits per heavy atom. The number of anilines is 1. The number of ether oxygens (including phenoxy) is 2. The lowest BCUT2D eigenvalue weighted by Gasteiger charge is -2.22. The van der Waals surface area contributed by atoms with E-state index in [1.165, 1.54) is 18.2 Å². The molecule has 0 aliphatic heterocycles. The average molecular weight is 388 g/mol. The Bertz CT molecular complexity index is 793. The van der Waals surface area contributed by atoms with Crippen LogP contribution in [0.4, 0.5) is 10.1 Å². The molecule has 2 aromatic rings.